The monoisotopic (exact) mass is 243 g/mol. The highest BCUT2D eigenvalue weighted by Gasteiger charge is 2.20. The third kappa shape index (κ3) is 2.58. The second-order valence-electron chi connectivity index (χ2n) is 3.44. The summed E-state index contributed by atoms with van der Waals surface area (Å²) in [6.45, 7) is 1.60. The third-order valence-electron chi connectivity index (χ3n) is 2.46. The number of likely N-dealkylation sites (N-methyl/N-ethyl adjacent to an activating group) is 1. The second-order valence-corrected chi connectivity index (χ2v) is 3.88. The maximum atomic E-state index is 10.9. The van der Waals surface area contributed by atoms with Crippen LogP contribution in [0, 0.1) is 0 Å². The maximum absolute atomic E-state index is 10.9. The fraction of sp³-hybridized carbons (Fsp3) is 0.364. The lowest BCUT2D eigenvalue weighted by atomic mass is 10.2. The Labute approximate surface area is 99.4 Å². The molecule has 1 aromatic carbocycles. The van der Waals surface area contributed by atoms with Gasteiger partial charge < -0.3 is 14.7 Å². The van der Waals surface area contributed by atoms with Crippen LogP contribution in [-0.4, -0.2) is 31.3 Å². The summed E-state index contributed by atoms with van der Waals surface area (Å²) in [5.74, 6) is -0.301. The van der Waals surface area contributed by atoms with E-state index in [9.17, 15) is 4.79 Å². The average Bonchev–Trinajstić information content (AvgIpc) is 2.26. The first-order valence-electron chi connectivity index (χ1n) is 4.76. The zero-order valence-electron chi connectivity index (χ0n) is 9.40. The lowest BCUT2D eigenvalue weighted by Gasteiger charge is -2.25. The van der Waals surface area contributed by atoms with Gasteiger partial charge in [0.15, 0.2) is 0 Å². The number of carboxylic acids is 1. The minimum Gasteiger partial charge on any atom is -0.495 e. The van der Waals surface area contributed by atoms with E-state index in [1.807, 2.05) is 0 Å². The molecular weight excluding hydrogens is 230 g/mol. The largest absolute Gasteiger partial charge is 0.495 e. The van der Waals surface area contributed by atoms with E-state index in [4.69, 9.17) is 21.4 Å². The standard InChI is InChI=1S/C11H14ClNO3/c1-7(11(14)15)13(2)9-6-8(12)4-5-10(9)16-3/h4-7H,1-3H3,(H,14,15)/t7-/m1/s1. The number of hydrogen-bond acceptors (Lipinski definition) is 3. The number of benzene rings is 1. The number of carboxylic acid groups (broad SMARTS) is 1. The molecule has 5 heteroatoms. The number of nitrogens with zero attached hydrogens (tertiary/aromatic N) is 1. The molecule has 0 spiro atoms. The van der Waals surface area contributed by atoms with Gasteiger partial charge in [-0.05, 0) is 25.1 Å². The molecule has 0 aliphatic heterocycles. The molecule has 0 saturated heterocycles. The number of halogens is 1. The summed E-state index contributed by atoms with van der Waals surface area (Å²) in [5.41, 5.74) is 0.657. The van der Waals surface area contributed by atoms with Gasteiger partial charge in [-0.2, -0.15) is 0 Å². The number of ether oxygens (including phenoxy) is 1. The average molecular weight is 244 g/mol. The lowest BCUT2D eigenvalue weighted by molar-refractivity contribution is -0.138. The van der Waals surface area contributed by atoms with Crippen molar-refractivity contribution in [1.29, 1.82) is 0 Å². The highest BCUT2D eigenvalue weighted by Crippen LogP contribution is 2.31. The Morgan fingerprint density at radius 3 is 2.69 bits per heavy atom. The number of hydrogen-bond donors (Lipinski definition) is 1. The Hall–Kier alpha value is -1.42. The Kier molecular flexibility index (Phi) is 4.01. The van der Waals surface area contributed by atoms with Crippen LogP contribution >= 0.6 is 11.6 Å². The van der Waals surface area contributed by atoms with Crippen molar-refractivity contribution in [2.24, 2.45) is 0 Å². The van der Waals surface area contributed by atoms with E-state index in [1.54, 1.807) is 37.1 Å². The smallest absolute Gasteiger partial charge is 0.326 e. The molecule has 4 nitrogen and oxygen atoms in total. The van der Waals surface area contributed by atoms with E-state index in [2.05, 4.69) is 0 Å². The topological polar surface area (TPSA) is 49.8 Å². The summed E-state index contributed by atoms with van der Waals surface area (Å²) < 4.78 is 5.16. The van der Waals surface area contributed by atoms with Crippen molar-refractivity contribution in [2.45, 2.75) is 13.0 Å². The number of carbonyl (C=O) groups is 1. The summed E-state index contributed by atoms with van der Waals surface area (Å²) >= 11 is 5.87. The van der Waals surface area contributed by atoms with Crippen LogP contribution in [0.3, 0.4) is 0 Å². The van der Waals surface area contributed by atoms with Gasteiger partial charge in [0.25, 0.3) is 0 Å². The molecule has 0 unspecified atom stereocenters. The van der Waals surface area contributed by atoms with Gasteiger partial charge in [0.2, 0.25) is 0 Å². The Balaban J connectivity index is 3.10. The molecule has 16 heavy (non-hydrogen) atoms. The van der Waals surface area contributed by atoms with Crippen LogP contribution in [-0.2, 0) is 4.79 Å². The number of rotatable bonds is 4. The molecule has 1 atom stereocenters. The zero-order chi connectivity index (χ0) is 12.3. The first-order chi connectivity index (χ1) is 7.47. The molecule has 0 fully saturated rings. The molecule has 0 bridgehead atoms. The Bertz CT molecular complexity index is 395. The molecule has 0 saturated carbocycles. The van der Waals surface area contributed by atoms with Gasteiger partial charge in [0.1, 0.15) is 11.8 Å². The van der Waals surface area contributed by atoms with Gasteiger partial charge in [0, 0.05) is 12.1 Å². The summed E-state index contributed by atoms with van der Waals surface area (Å²) in [6, 6.07) is 4.44. The first-order valence-corrected chi connectivity index (χ1v) is 5.14. The summed E-state index contributed by atoms with van der Waals surface area (Å²) in [6.07, 6.45) is 0. The normalized spacial score (nSPS) is 12.0. The quantitative estimate of drug-likeness (QED) is 0.881. The predicted octanol–water partition coefficient (Wildman–Crippen LogP) is 2.26. The summed E-state index contributed by atoms with van der Waals surface area (Å²) in [4.78, 5) is 12.5. The predicted molar refractivity (Wildman–Crippen MR) is 63.5 cm³/mol. The van der Waals surface area contributed by atoms with Crippen LogP contribution < -0.4 is 9.64 Å². The Morgan fingerprint density at radius 2 is 2.19 bits per heavy atom. The zero-order valence-corrected chi connectivity index (χ0v) is 10.2. The minimum absolute atomic E-state index is 0.542. The molecule has 0 radical (unpaired) electrons. The van der Waals surface area contributed by atoms with Crippen molar-refractivity contribution >= 4 is 23.3 Å². The first kappa shape index (κ1) is 12.6. The van der Waals surface area contributed by atoms with Crippen LogP contribution in [0.5, 0.6) is 5.75 Å². The van der Waals surface area contributed by atoms with Crippen LogP contribution in [0.25, 0.3) is 0 Å². The molecule has 0 aliphatic carbocycles. The summed E-state index contributed by atoms with van der Waals surface area (Å²) in [7, 11) is 3.22. The highest BCUT2D eigenvalue weighted by atomic mass is 35.5. The molecule has 88 valence electrons. The highest BCUT2D eigenvalue weighted by molar-refractivity contribution is 6.31. The van der Waals surface area contributed by atoms with Gasteiger partial charge in [-0.1, -0.05) is 11.6 Å². The maximum Gasteiger partial charge on any atom is 0.326 e. The molecule has 1 rings (SSSR count). The van der Waals surface area contributed by atoms with Gasteiger partial charge >= 0.3 is 5.97 Å². The summed E-state index contributed by atoms with van der Waals surface area (Å²) in [5, 5.41) is 9.47. The van der Waals surface area contributed by atoms with Gasteiger partial charge in [-0.25, -0.2) is 4.79 Å². The van der Waals surface area contributed by atoms with Crippen molar-refractivity contribution in [1.82, 2.24) is 0 Å². The van der Waals surface area contributed by atoms with E-state index in [0.29, 0.717) is 16.5 Å². The second kappa shape index (κ2) is 5.07. The minimum atomic E-state index is -0.899. The van der Waals surface area contributed by atoms with Crippen LogP contribution in [0.15, 0.2) is 18.2 Å². The van der Waals surface area contributed by atoms with Crippen molar-refractivity contribution < 1.29 is 14.6 Å². The van der Waals surface area contributed by atoms with Crippen LogP contribution in [0.2, 0.25) is 5.02 Å². The molecule has 1 N–H and O–H groups in total. The molecule has 0 amide bonds. The lowest BCUT2D eigenvalue weighted by Crippen LogP contribution is -2.35. The molecule has 1 aromatic rings. The third-order valence-corrected chi connectivity index (χ3v) is 2.69. The fourth-order valence-corrected chi connectivity index (χ4v) is 1.48. The van der Waals surface area contributed by atoms with Gasteiger partial charge in [0.05, 0.1) is 12.8 Å². The molecule has 0 heterocycles. The van der Waals surface area contributed by atoms with Crippen molar-refractivity contribution in [2.75, 3.05) is 19.1 Å². The van der Waals surface area contributed by atoms with Crippen molar-refractivity contribution in [3.63, 3.8) is 0 Å². The van der Waals surface area contributed by atoms with Crippen molar-refractivity contribution in [3.8, 4) is 5.75 Å². The van der Waals surface area contributed by atoms with Crippen LogP contribution in [0.4, 0.5) is 5.69 Å². The number of anilines is 1. The van der Waals surface area contributed by atoms with Crippen LogP contribution in [0.1, 0.15) is 6.92 Å². The van der Waals surface area contributed by atoms with Gasteiger partial charge in [-0.3, -0.25) is 0 Å². The fourth-order valence-electron chi connectivity index (χ4n) is 1.31. The van der Waals surface area contributed by atoms with E-state index in [0.717, 1.165) is 0 Å². The molecule has 0 aliphatic rings. The molecular formula is C11H14ClNO3. The van der Waals surface area contributed by atoms with E-state index >= 15 is 0 Å². The Morgan fingerprint density at radius 1 is 1.56 bits per heavy atom. The van der Waals surface area contributed by atoms with Gasteiger partial charge in [-0.15, -0.1) is 0 Å². The van der Waals surface area contributed by atoms with E-state index < -0.39 is 12.0 Å². The van der Waals surface area contributed by atoms with E-state index in [-0.39, 0.29) is 0 Å². The molecule has 0 aromatic heterocycles. The SMILES string of the molecule is COc1ccc(Cl)cc1N(C)[C@H](C)C(=O)O. The van der Waals surface area contributed by atoms with Crippen molar-refractivity contribution in [3.05, 3.63) is 23.2 Å². The van der Waals surface area contributed by atoms with E-state index in [1.165, 1.54) is 7.11 Å². The number of methoxy groups -OCH3 is 1. The number of aliphatic carboxylic acids is 1.